The lowest BCUT2D eigenvalue weighted by Gasteiger charge is -2.34. The average Bonchev–Trinajstić information content (AvgIpc) is 3.06. The summed E-state index contributed by atoms with van der Waals surface area (Å²) in [5, 5.41) is 7.33. The fraction of sp³-hybridized carbons (Fsp3) is 0.545. The summed E-state index contributed by atoms with van der Waals surface area (Å²) in [6.45, 7) is 11.0. The zero-order valence-electron chi connectivity index (χ0n) is 16.8. The smallest absolute Gasteiger partial charge is 0.251 e. The van der Waals surface area contributed by atoms with Gasteiger partial charge in [-0.3, -0.25) is 4.79 Å². The van der Waals surface area contributed by atoms with Crippen molar-refractivity contribution in [2.24, 2.45) is 11.8 Å². The largest absolute Gasteiger partial charge is 0.352 e. The van der Waals surface area contributed by atoms with E-state index in [1.165, 1.54) is 19.5 Å². The SMILES string of the molecule is Cc1ccnn1-c1ccc(C(=O)NCCCCN2CC(C)CC(C)C2)cc1. The van der Waals surface area contributed by atoms with Gasteiger partial charge in [-0.05, 0) is 74.9 Å². The van der Waals surface area contributed by atoms with Gasteiger partial charge in [0.1, 0.15) is 0 Å². The Labute approximate surface area is 162 Å². The molecule has 0 aliphatic carbocycles. The van der Waals surface area contributed by atoms with Crippen molar-refractivity contribution < 1.29 is 4.79 Å². The van der Waals surface area contributed by atoms with Crippen molar-refractivity contribution in [3.63, 3.8) is 0 Å². The summed E-state index contributed by atoms with van der Waals surface area (Å²) < 4.78 is 1.87. The number of amides is 1. The van der Waals surface area contributed by atoms with Crippen LogP contribution in [0.5, 0.6) is 0 Å². The van der Waals surface area contributed by atoms with Crippen molar-refractivity contribution in [2.45, 2.75) is 40.0 Å². The molecule has 146 valence electrons. The van der Waals surface area contributed by atoms with Crippen LogP contribution in [0.2, 0.25) is 0 Å². The first kappa shape index (κ1) is 19.6. The minimum absolute atomic E-state index is 0.000968. The van der Waals surface area contributed by atoms with Gasteiger partial charge < -0.3 is 10.2 Å². The fourth-order valence-electron chi connectivity index (χ4n) is 4.13. The van der Waals surface area contributed by atoms with Gasteiger partial charge in [-0.1, -0.05) is 13.8 Å². The molecule has 1 aromatic heterocycles. The molecule has 3 rings (SSSR count). The standard InChI is InChI=1S/C22H32N4O/c1-17-14-18(2)16-25(15-17)13-5-4-11-23-22(27)20-6-8-21(9-7-20)26-19(3)10-12-24-26/h6-10,12,17-18H,4-5,11,13-16H2,1-3H3,(H,23,27). The topological polar surface area (TPSA) is 50.2 Å². The lowest BCUT2D eigenvalue weighted by Crippen LogP contribution is -2.39. The molecular weight excluding hydrogens is 336 g/mol. The zero-order chi connectivity index (χ0) is 19.2. The van der Waals surface area contributed by atoms with Gasteiger partial charge in [0, 0.05) is 37.1 Å². The molecule has 27 heavy (non-hydrogen) atoms. The number of carbonyl (C=O) groups is 1. The summed E-state index contributed by atoms with van der Waals surface area (Å²) in [4.78, 5) is 14.9. The Bertz CT molecular complexity index is 727. The van der Waals surface area contributed by atoms with Gasteiger partial charge in [0.15, 0.2) is 0 Å². The monoisotopic (exact) mass is 368 g/mol. The number of rotatable bonds is 7. The Morgan fingerprint density at radius 1 is 1.11 bits per heavy atom. The third-order valence-corrected chi connectivity index (χ3v) is 5.34. The number of benzene rings is 1. The fourth-order valence-corrected chi connectivity index (χ4v) is 4.13. The molecule has 5 heteroatoms. The van der Waals surface area contributed by atoms with Crippen LogP contribution in [0.25, 0.3) is 5.69 Å². The van der Waals surface area contributed by atoms with Gasteiger partial charge in [-0.2, -0.15) is 5.10 Å². The summed E-state index contributed by atoms with van der Waals surface area (Å²) in [7, 11) is 0. The van der Waals surface area contributed by atoms with Gasteiger partial charge in [0.2, 0.25) is 0 Å². The first-order valence-electron chi connectivity index (χ1n) is 10.1. The Morgan fingerprint density at radius 2 is 1.81 bits per heavy atom. The number of hydrogen-bond donors (Lipinski definition) is 1. The van der Waals surface area contributed by atoms with Gasteiger partial charge in [-0.15, -0.1) is 0 Å². The number of nitrogens with zero attached hydrogens (tertiary/aromatic N) is 3. The number of hydrogen-bond acceptors (Lipinski definition) is 3. The van der Waals surface area contributed by atoms with Crippen molar-refractivity contribution in [3.05, 3.63) is 47.8 Å². The van der Waals surface area contributed by atoms with Crippen LogP contribution in [0, 0.1) is 18.8 Å². The van der Waals surface area contributed by atoms with E-state index in [1.807, 2.05) is 41.9 Å². The Hall–Kier alpha value is -2.14. The molecule has 1 aromatic carbocycles. The molecule has 2 unspecified atom stereocenters. The Balaban J connectivity index is 1.39. The van der Waals surface area contributed by atoms with Crippen LogP contribution in [-0.4, -0.2) is 46.8 Å². The quantitative estimate of drug-likeness (QED) is 0.759. The molecule has 1 aliphatic rings. The normalized spacial score (nSPS) is 20.6. The van der Waals surface area contributed by atoms with E-state index in [-0.39, 0.29) is 5.91 Å². The van der Waals surface area contributed by atoms with Crippen LogP contribution in [-0.2, 0) is 0 Å². The summed E-state index contributed by atoms with van der Waals surface area (Å²) in [6, 6.07) is 9.57. The molecule has 2 atom stereocenters. The second-order valence-electron chi connectivity index (χ2n) is 8.10. The third kappa shape index (κ3) is 5.42. The van der Waals surface area contributed by atoms with Crippen molar-refractivity contribution in [2.75, 3.05) is 26.2 Å². The number of carbonyl (C=O) groups excluding carboxylic acids is 1. The Morgan fingerprint density at radius 3 is 2.44 bits per heavy atom. The molecule has 0 radical (unpaired) electrons. The lowest BCUT2D eigenvalue weighted by molar-refractivity contribution is 0.0951. The van der Waals surface area contributed by atoms with Crippen LogP contribution in [0.4, 0.5) is 0 Å². The minimum atomic E-state index is -0.000968. The van der Waals surface area contributed by atoms with Crippen LogP contribution in [0.15, 0.2) is 36.5 Å². The highest BCUT2D eigenvalue weighted by Crippen LogP contribution is 2.21. The van der Waals surface area contributed by atoms with E-state index in [2.05, 4.69) is 29.2 Å². The summed E-state index contributed by atoms with van der Waals surface area (Å²) in [5.74, 6) is 1.61. The minimum Gasteiger partial charge on any atom is -0.352 e. The van der Waals surface area contributed by atoms with Gasteiger partial charge in [0.25, 0.3) is 5.91 Å². The van der Waals surface area contributed by atoms with E-state index >= 15 is 0 Å². The molecule has 1 N–H and O–H groups in total. The molecule has 1 aliphatic heterocycles. The molecule has 1 amide bonds. The first-order chi connectivity index (χ1) is 13.0. The second kappa shape index (κ2) is 9.18. The molecule has 2 heterocycles. The highest BCUT2D eigenvalue weighted by atomic mass is 16.1. The van der Waals surface area contributed by atoms with E-state index < -0.39 is 0 Å². The number of nitrogens with one attached hydrogen (secondary N) is 1. The van der Waals surface area contributed by atoms with Crippen molar-refractivity contribution >= 4 is 5.91 Å². The third-order valence-electron chi connectivity index (χ3n) is 5.34. The van der Waals surface area contributed by atoms with E-state index in [4.69, 9.17) is 0 Å². The first-order valence-corrected chi connectivity index (χ1v) is 10.1. The number of aromatic nitrogens is 2. The van der Waals surface area contributed by atoms with Gasteiger partial charge in [0.05, 0.1) is 5.69 Å². The molecule has 0 spiro atoms. The highest BCUT2D eigenvalue weighted by molar-refractivity contribution is 5.94. The van der Waals surface area contributed by atoms with Crippen LogP contribution in [0.1, 0.15) is 49.2 Å². The van der Waals surface area contributed by atoms with Crippen LogP contribution in [0.3, 0.4) is 0 Å². The van der Waals surface area contributed by atoms with Crippen molar-refractivity contribution in [3.8, 4) is 5.69 Å². The maximum absolute atomic E-state index is 12.3. The number of likely N-dealkylation sites (tertiary alicyclic amines) is 1. The lowest BCUT2D eigenvalue weighted by atomic mass is 9.92. The summed E-state index contributed by atoms with van der Waals surface area (Å²) >= 11 is 0. The number of aryl methyl sites for hydroxylation is 1. The predicted octanol–water partition coefficient (Wildman–Crippen LogP) is 3.67. The predicted molar refractivity (Wildman–Crippen MR) is 109 cm³/mol. The van der Waals surface area contributed by atoms with E-state index in [1.54, 1.807) is 6.20 Å². The number of unbranched alkanes of at least 4 members (excludes halogenated alkanes) is 1. The van der Waals surface area contributed by atoms with Gasteiger partial charge >= 0.3 is 0 Å². The Kier molecular flexibility index (Phi) is 6.67. The van der Waals surface area contributed by atoms with Crippen molar-refractivity contribution in [1.29, 1.82) is 0 Å². The van der Waals surface area contributed by atoms with Gasteiger partial charge in [-0.25, -0.2) is 4.68 Å². The molecule has 1 saturated heterocycles. The molecule has 0 bridgehead atoms. The maximum atomic E-state index is 12.3. The van der Waals surface area contributed by atoms with E-state index in [0.29, 0.717) is 5.56 Å². The van der Waals surface area contributed by atoms with E-state index in [9.17, 15) is 4.79 Å². The molecule has 5 nitrogen and oxygen atoms in total. The second-order valence-corrected chi connectivity index (χ2v) is 8.10. The van der Waals surface area contributed by atoms with Crippen molar-refractivity contribution in [1.82, 2.24) is 20.0 Å². The molecular formula is C22H32N4O. The summed E-state index contributed by atoms with van der Waals surface area (Å²) in [6.07, 6.45) is 5.29. The molecule has 0 saturated carbocycles. The average molecular weight is 369 g/mol. The molecule has 1 fully saturated rings. The van der Waals surface area contributed by atoms with Crippen LogP contribution < -0.4 is 5.32 Å². The maximum Gasteiger partial charge on any atom is 0.251 e. The van der Waals surface area contributed by atoms with E-state index in [0.717, 1.165) is 49.1 Å². The summed E-state index contributed by atoms with van der Waals surface area (Å²) in [5.41, 5.74) is 2.74. The van der Waals surface area contributed by atoms with Crippen LogP contribution >= 0.6 is 0 Å². The molecule has 2 aromatic rings. The zero-order valence-corrected chi connectivity index (χ0v) is 16.8. The number of piperidine rings is 1. The highest BCUT2D eigenvalue weighted by Gasteiger charge is 2.20.